The van der Waals surface area contributed by atoms with Crippen LogP contribution in [0.3, 0.4) is 0 Å². The highest BCUT2D eigenvalue weighted by Crippen LogP contribution is 2.29. The lowest BCUT2D eigenvalue weighted by atomic mass is 10.2. The summed E-state index contributed by atoms with van der Waals surface area (Å²) in [5.74, 6) is -0.221. The quantitative estimate of drug-likeness (QED) is 0.521. The summed E-state index contributed by atoms with van der Waals surface area (Å²) in [6.07, 6.45) is -2.38. The van der Waals surface area contributed by atoms with Gasteiger partial charge in [0.05, 0.1) is 33.2 Å². The number of nitrogens with zero attached hydrogens (tertiary/aromatic N) is 4. The summed E-state index contributed by atoms with van der Waals surface area (Å²) in [5.41, 5.74) is 1.77. The third kappa shape index (κ3) is 3.70. The van der Waals surface area contributed by atoms with Crippen LogP contribution >= 0.6 is 11.3 Å². The minimum atomic E-state index is -4.47. The molecule has 0 aliphatic rings. The van der Waals surface area contributed by atoms with Gasteiger partial charge in [0.15, 0.2) is 10.9 Å². The molecule has 0 atom stereocenters. The second kappa shape index (κ2) is 6.96. The summed E-state index contributed by atoms with van der Waals surface area (Å²) in [4.78, 5) is 20.8. The number of aromatic nitrogens is 4. The second-order valence-electron chi connectivity index (χ2n) is 6.40. The molecule has 1 aromatic carbocycles. The Morgan fingerprint density at radius 1 is 1.14 bits per heavy atom. The zero-order valence-electron chi connectivity index (χ0n) is 15.3. The monoisotopic (exact) mass is 417 g/mol. The molecule has 4 aromatic rings. The van der Waals surface area contributed by atoms with Crippen LogP contribution in [0.25, 0.3) is 16.0 Å². The molecule has 0 saturated carbocycles. The fourth-order valence-corrected chi connectivity index (χ4v) is 3.75. The number of carbonyl (C=O) groups excluding carboxylic acids is 1. The number of carbonyl (C=O) groups is 1. The molecule has 6 nitrogen and oxygen atoms in total. The number of nitrogens with one attached hydrogen (secondary N) is 1. The molecule has 10 heteroatoms. The first-order valence-corrected chi connectivity index (χ1v) is 9.31. The molecule has 148 valence electrons. The van der Waals surface area contributed by atoms with E-state index in [4.69, 9.17) is 0 Å². The molecule has 3 aromatic heterocycles. The van der Waals surface area contributed by atoms with Crippen LogP contribution in [-0.4, -0.2) is 25.7 Å². The number of fused-ring (bicyclic) bond motifs is 1. The molecule has 0 aliphatic carbocycles. The van der Waals surface area contributed by atoms with Gasteiger partial charge >= 0.3 is 6.18 Å². The summed E-state index contributed by atoms with van der Waals surface area (Å²) in [7, 11) is 0. The Bertz CT molecular complexity index is 1210. The zero-order valence-corrected chi connectivity index (χ0v) is 16.1. The van der Waals surface area contributed by atoms with Crippen molar-refractivity contribution in [2.75, 3.05) is 5.32 Å². The van der Waals surface area contributed by atoms with Crippen LogP contribution in [0, 0.1) is 13.8 Å². The van der Waals surface area contributed by atoms with E-state index in [2.05, 4.69) is 20.4 Å². The van der Waals surface area contributed by atoms with E-state index >= 15 is 0 Å². The Morgan fingerprint density at radius 2 is 1.93 bits per heavy atom. The number of aryl methyl sites for hydroxylation is 1. The van der Waals surface area contributed by atoms with Gasteiger partial charge in [-0.2, -0.15) is 18.3 Å². The highest BCUT2D eigenvalue weighted by Gasteiger charge is 2.30. The minimum Gasteiger partial charge on any atom is -0.298 e. The van der Waals surface area contributed by atoms with Crippen LogP contribution < -0.4 is 5.32 Å². The highest BCUT2D eigenvalue weighted by atomic mass is 32.1. The summed E-state index contributed by atoms with van der Waals surface area (Å²) in [6, 6.07) is 7.95. The third-order valence-electron chi connectivity index (χ3n) is 4.31. The number of amides is 1. The normalized spacial score (nSPS) is 11.8. The van der Waals surface area contributed by atoms with E-state index in [-0.39, 0.29) is 11.4 Å². The molecule has 0 bridgehead atoms. The molecule has 0 spiro atoms. The van der Waals surface area contributed by atoms with Gasteiger partial charge in [0.25, 0.3) is 5.91 Å². The predicted molar refractivity (Wildman–Crippen MR) is 103 cm³/mol. The maximum atomic E-state index is 12.7. The number of hydrogen-bond donors (Lipinski definition) is 1. The molecule has 0 unspecified atom stereocenters. The van der Waals surface area contributed by atoms with E-state index in [9.17, 15) is 18.0 Å². The van der Waals surface area contributed by atoms with E-state index < -0.39 is 17.6 Å². The van der Waals surface area contributed by atoms with E-state index in [1.54, 1.807) is 6.92 Å². The summed E-state index contributed by atoms with van der Waals surface area (Å²) >= 11 is 1.36. The highest BCUT2D eigenvalue weighted by molar-refractivity contribution is 7.22. The first-order chi connectivity index (χ1) is 13.7. The van der Waals surface area contributed by atoms with Crippen molar-refractivity contribution in [3.8, 4) is 5.82 Å². The molecule has 0 fully saturated rings. The Labute approximate surface area is 167 Å². The lowest BCUT2D eigenvalue weighted by molar-refractivity contribution is -0.137. The number of anilines is 1. The van der Waals surface area contributed by atoms with Gasteiger partial charge in [0.2, 0.25) is 0 Å². The Balaban J connectivity index is 1.58. The number of alkyl halides is 3. The predicted octanol–water partition coefficient (Wildman–Crippen LogP) is 4.76. The fourth-order valence-electron chi connectivity index (χ4n) is 2.79. The number of hydrogen-bond acceptors (Lipinski definition) is 5. The average molecular weight is 417 g/mol. The number of thiazole rings is 1. The van der Waals surface area contributed by atoms with Gasteiger partial charge in [-0.3, -0.25) is 10.1 Å². The van der Waals surface area contributed by atoms with Crippen molar-refractivity contribution < 1.29 is 18.0 Å². The molecule has 0 saturated heterocycles. The molecule has 29 heavy (non-hydrogen) atoms. The molecular formula is C19H14F3N5OS. The fraction of sp³-hybridized carbons (Fsp3) is 0.158. The largest absolute Gasteiger partial charge is 0.417 e. The number of rotatable bonds is 3. The van der Waals surface area contributed by atoms with Crippen molar-refractivity contribution in [1.29, 1.82) is 0 Å². The molecular weight excluding hydrogens is 403 g/mol. The van der Waals surface area contributed by atoms with Crippen LogP contribution in [-0.2, 0) is 6.18 Å². The first kappa shape index (κ1) is 19.1. The molecule has 0 aliphatic heterocycles. The number of benzene rings is 1. The lowest BCUT2D eigenvalue weighted by Gasteiger charge is -2.08. The second-order valence-corrected chi connectivity index (χ2v) is 7.43. The van der Waals surface area contributed by atoms with Crippen LogP contribution in [0.1, 0.15) is 27.2 Å². The van der Waals surface area contributed by atoms with Crippen LogP contribution in [0.15, 0.2) is 42.7 Å². The van der Waals surface area contributed by atoms with E-state index in [0.29, 0.717) is 10.8 Å². The smallest absolute Gasteiger partial charge is 0.298 e. The minimum absolute atomic E-state index is 0.185. The van der Waals surface area contributed by atoms with E-state index in [1.165, 1.54) is 28.3 Å². The number of pyridine rings is 1. The van der Waals surface area contributed by atoms with Gasteiger partial charge in [-0.25, -0.2) is 14.6 Å². The molecule has 4 rings (SSSR count). The van der Waals surface area contributed by atoms with Crippen LogP contribution in [0.5, 0.6) is 0 Å². The SMILES string of the molecule is Cc1ccc2nc(NC(=O)c3cnn(-c4ccc(C(F)(F)F)cn4)c3C)sc2c1. The van der Waals surface area contributed by atoms with Crippen molar-refractivity contribution in [3.05, 3.63) is 65.1 Å². The van der Waals surface area contributed by atoms with Crippen molar-refractivity contribution >= 4 is 32.6 Å². The van der Waals surface area contributed by atoms with Crippen LogP contribution in [0.4, 0.5) is 18.3 Å². The maximum Gasteiger partial charge on any atom is 0.417 e. The summed E-state index contributed by atoms with van der Waals surface area (Å²) in [6.45, 7) is 3.62. The molecule has 1 amide bonds. The summed E-state index contributed by atoms with van der Waals surface area (Å²) < 4.78 is 40.4. The maximum absolute atomic E-state index is 12.7. The van der Waals surface area contributed by atoms with E-state index in [0.717, 1.165) is 28.0 Å². The third-order valence-corrected chi connectivity index (χ3v) is 5.24. The molecule has 3 heterocycles. The standard InChI is InChI=1S/C19H14F3N5OS/c1-10-3-5-14-15(7-10)29-18(25-14)26-17(28)13-9-24-27(11(13)2)16-6-4-12(8-23-16)19(20,21)22/h3-9H,1-2H3,(H,25,26,28). The zero-order chi connectivity index (χ0) is 20.8. The Kier molecular flexibility index (Phi) is 4.58. The number of halogens is 3. The van der Waals surface area contributed by atoms with E-state index in [1.807, 2.05) is 25.1 Å². The Hall–Kier alpha value is -3.27. The van der Waals surface area contributed by atoms with Gasteiger partial charge in [-0.1, -0.05) is 17.4 Å². The lowest BCUT2D eigenvalue weighted by Crippen LogP contribution is -2.13. The topological polar surface area (TPSA) is 72.7 Å². The first-order valence-electron chi connectivity index (χ1n) is 8.49. The van der Waals surface area contributed by atoms with Gasteiger partial charge in [0.1, 0.15) is 0 Å². The van der Waals surface area contributed by atoms with Crippen LogP contribution in [0.2, 0.25) is 0 Å². The Morgan fingerprint density at radius 3 is 2.62 bits per heavy atom. The average Bonchev–Trinajstić information content (AvgIpc) is 3.23. The van der Waals surface area contributed by atoms with Gasteiger partial charge in [-0.05, 0) is 43.7 Å². The van der Waals surface area contributed by atoms with Crippen molar-refractivity contribution in [2.24, 2.45) is 0 Å². The van der Waals surface area contributed by atoms with Crippen molar-refractivity contribution in [1.82, 2.24) is 19.7 Å². The van der Waals surface area contributed by atoms with Gasteiger partial charge in [-0.15, -0.1) is 0 Å². The van der Waals surface area contributed by atoms with Gasteiger partial charge < -0.3 is 0 Å². The molecule has 0 radical (unpaired) electrons. The molecule has 1 N–H and O–H groups in total. The summed E-state index contributed by atoms with van der Waals surface area (Å²) in [5, 5.41) is 7.29. The van der Waals surface area contributed by atoms with Crippen molar-refractivity contribution in [2.45, 2.75) is 20.0 Å². The van der Waals surface area contributed by atoms with Crippen molar-refractivity contribution in [3.63, 3.8) is 0 Å². The van der Waals surface area contributed by atoms with Gasteiger partial charge in [0, 0.05) is 6.20 Å².